The number of thioether (sulfide) groups is 1. The molecule has 178 valence electrons. The summed E-state index contributed by atoms with van der Waals surface area (Å²) in [5.41, 5.74) is 2.14. The van der Waals surface area contributed by atoms with Crippen LogP contribution in [0.25, 0.3) is 10.9 Å². The third-order valence-electron chi connectivity index (χ3n) is 5.46. The third kappa shape index (κ3) is 5.64. The van der Waals surface area contributed by atoms with E-state index in [0.29, 0.717) is 34.0 Å². The number of hydrogen-bond acceptors (Lipinski definition) is 5. The predicted molar refractivity (Wildman–Crippen MR) is 144 cm³/mol. The van der Waals surface area contributed by atoms with Gasteiger partial charge < -0.3 is 10.1 Å². The van der Waals surface area contributed by atoms with Crippen molar-refractivity contribution in [1.82, 2.24) is 9.55 Å². The van der Waals surface area contributed by atoms with E-state index in [4.69, 9.17) is 9.72 Å². The highest BCUT2D eigenvalue weighted by atomic mass is 32.2. The van der Waals surface area contributed by atoms with Crippen LogP contribution in [0.1, 0.15) is 5.56 Å². The number of ether oxygens (including phenoxy) is 1. The molecule has 5 aromatic rings. The molecule has 4 aromatic carbocycles. The molecule has 1 N–H and O–H groups in total. The summed E-state index contributed by atoms with van der Waals surface area (Å²) in [6, 6.07) is 33.7. The van der Waals surface area contributed by atoms with Gasteiger partial charge in [-0.25, -0.2) is 4.98 Å². The summed E-state index contributed by atoms with van der Waals surface area (Å²) in [6.45, 7) is 0.379. The van der Waals surface area contributed by atoms with E-state index in [0.717, 1.165) is 11.3 Å². The second-order valence-electron chi connectivity index (χ2n) is 8.06. The van der Waals surface area contributed by atoms with Gasteiger partial charge in [-0.15, -0.1) is 0 Å². The fraction of sp³-hybridized carbons (Fsp3) is 0.0690. The summed E-state index contributed by atoms with van der Waals surface area (Å²) < 4.78 is 7.42. The minimum atomic E-state index is -0.189. The van der Waals surface area contributed by atoms with Crippen LogP contribution in [0.4, 0.5) is 5.69 Å². The number of fused-ring (bicyclic) bond motifs is 1. The third-order valence-corrected chi connectivity index (χ3v) is 6.44. The van der Waals surface area contributed by atoms with Crippen LogP contribution in [0.5, 0.6) is 11.5 Å². The Labute approximate surface area is 212 Å². The van der Waals surface area contributed by atoms with E-state index < -0.39 is 0 Å². The van der Waals surface area contributed by atoms with Gasteiger partial charge in [-0.05, 0) is 54.1 Å². The quantitative estimate of drug-likeness (QED) is 0.213. The first kappa shape index (κ1) is 23.4. The van der Waals surface area contributed by atoms with Crippen LogP contribution in [0.3, 0.4) is 0 Å². The van der Waals surface area contributed by atoms with E-state index in [2.05, 4.69) is 5.32 Å². The number of amides is 1. The summed E-state index contributed by atoms with van der Waals surface area (Å²) in [5, 5.41) is 3.95. The number of benzene rings is 4. The largest absolute Gasteiger partial charge is 0.457 e. The van der Waals surface area contributed by atoms with Crippen LogP contribution >= 0.6 is 11.8 Å². The van der Waals surface area contributed by atoms with E-state index in [1.165, 1.54) is 11.8 Å². The van der Waals surface area contributed by atoms with E-state index in [1.54, 1.807) is 34.9 Å². The molecule has 0 saturated heterocycles. The minimum absolute atomic E-state index is 0.113. The lowest BCUT2D eigenvalue weighted by molar-refractivity contribution is -0.113. The zero-order chi connectivity index (χ0) is 24.7. The van der Waals surface area contributed by atoms with Crippen LogP contribution in [-0.2, 0) is 11.3 Å². The summed E-state index contributed by atoms with van der Waals surface area (Å²) >= 11 is 1.24. The SMILES string of the molecule is O=C(CSc1nc2ccccc2c(=O)n1Cc1ccccc1)Nc1ccc(Oc2ccccc2)cc1. The minimum Gasteiger partial charge on any atom is -0.457 e. The molecule has 0 bridgehead atoms. The van der Waals surface area contributed by atoms with Crippen molar-refractivity contribution in [2.45, 2.75) is 11.7 Å². The zero-order valence-electron chi connectivity index (χ0n) is 19.3. The highest BCUT2D eigenvalue weighted by molar-refractivity contribution is 7.99. The maximum atomic E-state index is 13.2. The molecule has 1 aromatic heterocycles. The molecule has 0 atom stereocenters. The van der Waals surface area contributed by atoms with Crippen molar-refractivity contribution in [3.63, 3.8) is 0 Å². The zero-order valence-corrected chi connectivity index (χ0v) is 20.2. The average Bonchev–Trinajstić information content (AvgIpc) is 2.92. The standard InChI is InChI=1S/C29H23N3O3S/c33-27(30-22-15-17-24(18-16-22)35-23-11-5-2-6-12-23)20-36-29-31-26-14-8-7-13-25(26)28(34)32(29)19-21-9-3-1-4-10-21/h1-18H,19-20H2,(H,30,33). The molecule has 36 heavy (non-hydrogen) atoms. The van der Waals surface area contributed by atoms with Crippen molar-refractivity contribution in [3.8, 4) is 11.5 Å². The van der Waals surface area contributed by atoms with Gasteiger partial charge in [0.2, 0.25) is 5.91 Å². The van der Waals surface area contributed by atoms with E-state index >= 15 is 0 Å². The van der Waals surface area contributed by atoms with Crippen LogP contribution in [-0.4, -0.2) is 21.2 Å². The maximum absolute atomic E-state index is 13.2. The molecule has 1 amide bonds. The number of carbonyl (C=O) groups excluding carboxylic acids is 1. The lowest BCUT2D eigenvalue weighted by atomic mass is 10.2. The smallest absolute Gasteiger partial charge is 0.262 e. The van der Waals surface area contributed by atoms with Gasteiger partial charge in [0.25, 0.3) is 5.56 Å². The normalized spacial score (nSPS) is 10.8. The molecule has 0 unspecified atom stereocenters. The molecule has 0 saturated carbocycles. The number of carbonyl (C=O) groups is 1. The van der Waals surface area contributed by atoms with Crippen LogP contribution < -0.4 is 15.6 Å². The van der Waals surface area contributed by atoms with Crippen molar-refractivity contribution in [2.75, 3.05) is 11.1 Å². The molecule has 5 rings (SSSR count). The van der Waals surface area contributed by atoms with Crippen LogP contribution in [0.15, 0.2) is 119 Å². The summed E-state index contributed by atoms with van der Waals surface area (Å²) in [6.07, 6.45) is 0. The predicted octanol–water partition coefficient (Wildman–Crippen LogP) is 5.97. The lowest BCUT2D eigenvalue weighted by Crippen LogP contribution is -2.24. The summed E-state index contributed by atoms with van der Waals surface area (Å²) in [7, 11) is 0. The van der Waals surface area contributed by atoms with Gasteiger partial charge >= 0.3 is 0 Å². The lowest BCUT2D eigenvalue weighted by Gasteiger charge is -2.13. The monoisotopic (exact) mass is 493 g/mol. The molecule has 0 fully saturated rings. The molecular formula is C29H23N3O3S. The molecule has 0 radical (unpaired) electrons. The Morgan fingerprint density at radius 1 is 0.806 bits per heavy atom. The molecule has 0 aliphatic carbocycles. The number of hydrogen-bond donors (Lipinski definition) is 1. The molecule has 1 heterocycles. The fourth-order valence-electron chi connectivity index (χ4n) is 3.72. The molecule has 0 spiro atoms. The topological polar surface area (TPSA) is 73.2 Å². The van der Waals surface area contributed by atoms with Crippen LogP contribution in [0, 0.1) is 0 Å². The highest BCUT2D eigenvalue weighted by Crippen LogP contribution is 2.23. The van der Waals surface area contributed by atoms with Crippen molar-refractivity contribution in [2.24, 2.45) is 0 Å². The Bertz CT molecular complexity index is 1540. The van der Waals surface area contributed by atoms with Crippen molar-refractivity contribution in [1.29, 1.82) is 0 Å². The Hall–Kier alpha value is -4.36. The number of rotatable bonds is 8. The van der Waals surface area contributed by atoms with E-state index in [1.807, 2.05) is 78.9 Å². The first-order valence-corrected chi connectivity index (χ1v) is 12.4. The first-order chi connectivity index (χ1) is 17.7. The average molecular weight is 494 g/mol. The molecule has 0 aliphatic heterocycles. The Balaban J connectivity index is 1.29. The van der Waals surface area contributed by atoms with Crippen molar-refractivity contribution < 1.29 is 9.53 Å². The second kappa shape index (κ2) is 10.9. The van der Waals surface area contributed by atoms with E-state index in [-0.39, 0.29) is 17.2 Å². The van der Waals surface area contributed by atoms with Crippen molar-refractivity contribution >= 4 is 34.3 Å². The van der Waals surface area contributed by atoms with Gasteiger partial charge in [0.1, 0.15) is 11.5 Å². The number of aromatic nitrogens is 2. The molecule has 7 heteroatoms. The second-order valence-corrected chi connectivity index (χ2v) is 9.01. The summed E-state index contributed by atoms with van der Waals surface area (Å²) in [4.78, 5) is 30.6. The summed E-state index contributed by atoms with van der Waals surface area (Å²) in [5.74, 6) is 1.35. The van der Waals surface area contributed by atoms with Gasteiger partial charge in [0, 0.05) is 5.69 Å². The van der Waals surface area contributed by atoms with Gasteiger partial charge in [-0.2, -0.15) is 0 Å². The molecular weight excluding hydrogens is 470 g/mol. The van der Waals surface area contributed by atoms with Gasteiger partial charge in [0.15, 0.2) is 5.16 Å². The Morgan fingerprint density at radius 3 is 2.19 bits per heavy atom. The first-order valence-electron chi connectivity index (χ1n) is 11.4. The fourth-order valence-corrected chi connectivity index (χ4v) is 4.52. The highest BCUT2D eigenvalue weighted by Gasteiger charge is 2.14. The van der Waals surface area contributed by atoms with Crippen LogP contribution in [0.2, 0.25) is 0 Å². The van der Waals surface area contributed by atoms with E-state index in [9.17, 15) is 9.59 Å². The molecule has 0 aliphatic rings. The van der Waals surface area contributed by atoms with Gasteiger partial charge in [0.05, 0.1) is 23.2 Å². The number of nitrogens with zero attached hydrogens (tertiary/aromatic N) is 2. The van der Waals surface area contributed by atoms with Gasteiger partial charge in [-0.1, -0.05) is 72.4 Å². The Kier molecular flexibility index (Phi) is 7.10. The molecule has 6 nitrogen and oxygen atoms in total. The maximum Gasteiger partial charge on any atom is 0.262 e. The van der Waals surface area contributed by atoms with Gasteiger partial charge in [-0.3, -0.25) is 14.2 Å². The number of anilines is 1. The number of nitrogens with one attached hydrogen (secondary N) is 1. The Morgan fingerprint density at radius 2 is 1.44 bits per heavy atom. The number of para-hydroxylation sites is 2. The van der Waals surface area contributed by atoms with Crippen molar-refractivity contribution in [3.05, 3.63) is 125 Å².